The number of nitrogens with one attached hydrogen (secondary N) is 3. The van der Waals surface area contributed by atoms with E-state index in [2.05, 4.69) is 25.0 Å². The summed E-state index contributed by atoms with van der Waals surface area (Å²) in [4.78, 5) is 13.1. The van der Waals surface area contributed by atoms with Gasteiger partial charge in [0.1, 0.15) is 10.5 Å². The summed E-state index contributed by atoms with van der Waals surface area (Å²) in [6.45, 7) is 6.16. The lowest BCUT2D eigenvalue weighted by atomic mass is 10.1. The van der Waals surface area contributed by atoms with E-state index in [1.807, 2.05) is 13.8 Å². The molecule has 0 amide bonds. The number of hydrogen-bond acceptors (Lipinski definition) is 11. The number of nitrogens with zero attached hydrogens (tertiary/aromatic N) is 4. The molecule has 202 valence electrons. The van der Waals surface area contributed by atoms with Crippen LogP contribution < -0.4 is 21.0 Å². The minimum Gasteiger partial charge on any atom is -0.504 e. The van der Waals surface area contributed by atoms with Crippen LogP contribution >= 0.6 is 0 Å². The van der Waals surface area contributed by atoms with Gasteiger partial charge in [-0.15, -0.1) is 9.50 Å². The zero-order chi connectivity index (χ0) is 27.0. The number of ether oxygens (including phenoxy) is 1. The molecule has 2 aromatic rings. The first-order valence-electron chi connectivity index (χ1n) is 11.5. The summed E-state index contributed by atoms with van der Waals surface area (Å²) in [5.41, 5.74) is 2.01. The summed E-state index contributed by atoms with van der Waals surface area (Å²) in [6.07, 6.45) is 1.56. The highest BCUT2D eigenvalue weighted by atomic mass is 32.2. The first-order valence-corrected chi connectivity index (χ1v) is 14.8. The van der Waals surface area contributed by atoms with E-state index >= 15 is 0 Å². The minimum absolute atomic E-state index is 0.0272. The Labute approximate surface area is 214 Å². The Hall–Kier alpha value is -3.21. The van der Waals surface area contributed by atoms with Crippen molar-refractivity contribution in [2.75, 3.05) is 48.0 Å². The van der Waals surface area contributed by atoms with Crippen molar-refractivity contribution in [3.05, 3.63) is 34.1 Å². The van der Waals surface area contributed by atoms with E-state index < -0.39 is 31.4 Å². The molecule has 16 heteroatoms. The fourth-order valence-electron chi connectivity index (χ4n) is 3.75. The summed E-state index contributed by atoms with van der Waals surface area (Å²) < 4.78 is 61.7. The molecule has 37 heavy (non-hydrogen) atoms. The van der Waals surface area contributed by atoms with Crippen molar-refractivity contribution >= 4 is 43.1 Å². The first-order chi connectivity index (χ1) is 17.3. The van der Waals surface area contributed by atoms with Crippen LogP contribution in [0.2, 0.25) is 0 Å². The van der Waals surface area contributed by atoms with Gasteiger partial charge in [-0.25, -0.2) is 18.1 Å². The molecule has 1 aromatic carbocycles. The van der Waals surface area contributed by atoms with Crippen molar-refractivity contribution < 1.29 is 26.7 Å². The smallest absolute Gasteiger partial charge is 0.286 e. The zero-order valence-electron chi connectivity index (χ0n) is 20.6. The van der Waals surface area contributed by atoms with Gasteiger partial charge in [-0.2, -0.15) is 8.42 Å². The van der Waals surface area contributed by atoms with E-state index in [0.29, 0.717) is 32.7 Å². The molecule has 4 N–H and O–H groups in total. The summed E-state index contributed by atoms with van der Waals surface area (Å²) in [5.74, 6) is -0.698. The number of hydrogen-bond donors (Lipinski definition) is 4. The summed E-state index contributed by atoms with van der Waals surface area (Å²) >= 11 is 0. The van der Waals surface area contributed by atoms with Crippen LogP contribution in [-0.2, 0) is 31.3 Å². The van der Waals surface area contributed by atoms with Gasteiger partial charge in [-0.1, -0.05) is 13.8 Å². The summed E-state index contributed by atoms with van der Waals surface area (Å²) in [5, 5.41) is 19.9. The molecule has 0 spiro atoms. The third-order valence-corrected chi connectivity index (χ3v) is 7.51. The number of fused-ring (bicyclic) bond motifs is 1. The molecule has 2 aliphatic rings. The number of rotatable bonds is 8. The maximum Gasteiger partial charge on any atom is 0.286 e. The number of aromatic nitrogens is 2. The summed E-state index contributed by atoms with van der Waals surface area (Å²) in [6, 6.07) is 3.83. The van der Waals surface area contributed by atoms with Gasteiger partial charge < -0.3 is 15.2 Å². The Kier molecular flexibility index (Phi) is 7.45. The molecule has 4 rings (SSSR count). The van der Waals surface area contributed by atoms with Gasteiger partial charge in [0.05, 0.1) is 25.2 Å². The van der Waals surface area contributed by atoms with Gasteiger partial charge in [0.2, 0.25) is 15.8 Å². The lowest BCUT2D eigenvalue weighted by Crippen LogP contribution is -2.41. The second kappa shape index (κ2) is 10.3. The van der Waals surface area contributed by atoms with Gasteiger partial charge in [-0.05, 0) is 30.5 Å². The van der Waals surface area contributed by atoms with E-state index in [0.717, 1.165) is 12.3 Å². The highest BCUT2D eigenvalue weighted by molar-refractivity contribution is 7.92. The Morgan fingerprint density at radius 2 is 1.95 bits per heavy atom. The van der Waals surface area contributed by atoms with Crippen LogP contribution in [-0.4, -0.2) is 75.1 Å². The highest BCUT2D eigenvalue weighted by Gasteiger charge is 2.31. The van der Waals surface area contributed by atoms with Crippen molar-refractivity contribution in [2.45, 2.75) is 31.7 Å². The Bertz CT molecular complexity index is 1500. The standard InChI is InChI=1S/C21H29N7O7S2/c1-13(2)6-7-28-21(30)17(18(29)20(24-28)23-27-8-10-35-11-9-27)19-22-15-5-4-14(25-36(3,31)32)12-16(15)37(33,34)26-19/h4-5,12-13,25,29H,6-11H2,1-3H3,(H,22,26)(H,23,24). The number of benzene rings is 1. The average molecular weight is 556 g/mol. The van der Waals surface area contributed by atoms with Gasteiger partial charge in [0.25, 0.3) is 15.6 Å². The number of aromatic hydroxyl groups is 1. The molecular formula is C21H29N7O7S2. The number of anilines is 3. The summed E-state index contributed by atoms with van der Waals surface area (Å²) in [7, 11) is -8.01. The molecule has 1 fully saturated rings. The molecule has 14 nitrogen and oxygen atoms in total. The molecule has 0 unspecified atom stereocenters. The minimum atomic E-state index is -4.37. The zero-order valence-corrected chi connectivity index (χ0v) is 22.2. The number of morpholine rings is 1. The number of amidine groups is 1. The quantitative estimate of drug-likeness (QED) is 0.357. The van der Waals surface area contributed by atoms with Crippen LogP contribution in [0.4, 0.5) is 17.2 Å². The molecule has 1 aromatic heterocycles. The third-order valence-electron chi connectivity index (χ3n) is 5.59. The maximum atomic E-state index is 13.4. The molecule has 2 aliphatic heterocycles. The van der Waals surface area contributed by atoms with E-state index in [9.17, 15) is 26.7 Å². The fourth-order valence-corrected chi connectivity index (χ4v) is 5.46. The Morgan fingerprint density at radius 3 is 2.59 bits per heavy atom. The van der Waals surface area contributed by atoms with Crippen LogP contribution in [0.15, 0.2) is 32.3 Å². The van der Waals surface area contributed by atoms with Crippen molar-refractivity contribution in [1.29, 1.82) is 0 Å². The largest absolute Gasteiger partial charge is 0.504 e. The number of sulfonamides is 2. The molecular weight excluding hydrogens is 526 g/mol. The van der Waals surface area contributed by atoms with Crippen LogP contribution in [0.1, 0.15) is 25.8 Å². The predicted octanol–water partition coefficient (Wildman–Crippen LogP) is 0.587. The molecule has 0 saturated carbocycles. The second-order valence-corrected chi connectivity index (χ2v) is 12.4. The SMILES string of the molecule is CC(C)CCn1nc(NN2CCOCC2)c(O)c(C2=NS(=O)(=O)c3cc(NS(C)(=O)=O)ccc3N2)c1=O. The normalized spacial score (nSPS) is 17.6. The number of aryl methyl sites for hydroxylation is 1. The molecule has 0 bridgehead atoms. The lowest BCUT2D eigenvalue weighted by Gasteiger charge is -2.28. The third kappa shape index (κ3) is 6.20. The van der Waals surface area contributed by atoms with Gasteiger partial charge >= 0.3 is 0 Å². The van der Waals surface area contributed by atoms with E-state index in [1.165, 1.54) is 16.8 Å². The van der Waals surface area contributed by atoms with Gasteiger partial charge in [-0.3, -0.25) is 14.9 Å². The van der Waals surface area contributed by atoms with E-state index in [1.54, 1.807) is 5.01 Å². The van der Waals surface area contributed by atoms with Crippen LogP contribution in [0.3, 0.4) is 0 Å². The van der Waals surface area contributed by atoms with E-state index in [4.69, 9.17) is 4.74 Å². The lowest BCUT2D eigenvalue weighted by molar-refractivity contribution is 0.0492. The molecule has 1 saturated heterocycles. The monoisotopic (exact) mass is 555 g/mol. The maximum absolute atomic E-state index is 13.4. The predicted molar refractivity (Wildman–Crippen MR) is 138 cm³/mol. The van der Waals surface area contributed by atoms with Gasteiger partial charge in [0, 0.05) is 25.3 Å². The van der Waals surface area contributed by atoms with Crippen molar-refractivity contribution in [2.24, 2.45) is 10.3 Å². The van der Waals surface area contributed by atoms with Crippen LogP contribution in [0.25, 0.3) is 0 Å². The van der Waals surface area contributed by atoms with Crippen molar-refractivity contribution in [3.63, 3.8) is 0 Å². The molecule has 3 heterocycles. The van der Waals surface area contributed by atoms with Crippen molar-refractivity contribution in [1.82, 2.24) is 14.8 Å². The molecule has 0 aliphatic carbocycles. The highest BCUT2D eigenvalue weighted by Crippen LogP contribution is 2.33. The second-order valence-electron chi connectivity index (χ2n) is 9.12. The fraction of sp³-hybridized carbons (Fsp3) is 0.476. The topological polar surface area (TPSA) is 184 Å². The molecule has 0 atom stereocenters. The first kappa shape index (κ1) is 26.8. The Morgan fingerprint density at radius 1 is 1.24 bits per heavy atom. The van der Waals surface area contributed by atoms with Crippen LogP contribution in [0.5, 0.6) is 5.75 Å². The van der Waals surface area contributed by atoms with Gasteiger partial charge in [0.15, 0.2) is 11.6 Å². The van der Waals surface area contributed by atoms with Crippen molar-refractivity contribution in [3.8, 4) is 5.75 Å². The molecule has 0 radical (unpaired) electrons. The average Bonchev–Trinajstić information content (AvgIpc) is 2.80. The Balaban J connectivity index is 1.79. The van der Waals surface area contributed by atoms with Crippen LogP contribution in [0, 0.1) is 5.92 Å². The van der Waals surface area contributed by atoms with E-state index in [-0.39, 0.29) is 45.9 Å². The number of hydrazine groups is 1.